The second-order valence-corrected chi connectivity index (χ2v) is 5.55. The van der Waals surface area contributed by atoms with Gasteiger partial charge in [0.25, 0.3) is 5.91 Å². The van der Waals surface area contributed by atoms with Crippen molar-refractivity contribution >= 4 is 11.6 Å². The van der Waals surface area contributed by atoms with E-state index < -0.39 is 0 Å². The summed E-state index contributed by atoms with van der Waals surface area (Å²) in [5, 5.41) is 10.2. The Kier molecular flexibility index (Phi) is 5.26. The number of nitrogens with zero attached hydrogens (tertiary/aromatic N) is 3. The SMILES string of the molecule is Cc1ccc(NC(=O)COc2cccc(CNn3cnnc3)c2)cc1. The Balaban J connectivity index is 1.49. The second-order valence-electron chi connectivity index (χ2n) is 5.55. The molecule has 0 aliphatic heterocycles. The molecule has 0 saturated heterocycles. The molecule has 1 heterocycles. The number of anilines is 1. The lowest BCUT2D eigenvalue weighted by molar-refractivity contribution is -0.118. The number of ether oxygens (including phenoxy) is 1. The van der Waals surface area contributed by atoms with Gasteiger partial charge in [0.15, 0.2) is 6.61 Å². The fraction of sp³-hybridized carbons (Fsp3) is 0.167. The molecule has 0 spiro atoms. The number of carbonyl (C=O) groups excluding carboxylic acids is 1. The molecule has 3 rings (SSSR count). The van der Waals surface area contributed by atoms with Crippen LogP contribution in [0.2, 0.25) is 0 Å². The summed E-state index contributed by atoms with van der Waals surface area (Å²) in [7, 11) is 0. The van der Waals surface area contributed by atoms with Crippen LogP contribution in [0.1, 0.15) is 11.1 Å². The van der Waals surface area contributed by atoms with Crippen molar-refractivity contribution in [2.24, 2.45) is 0 Å². The van der Waals surface area contributed by atoms with Gasteiger partial charge in [-0.1, -0.05) is 29.8 Å². The van der Waals surface area contributed by atoms with E-state index in [-0.39, 0.29) is 12.5 Å². The minimum atomic E-state index is -0.197. The first-order chi connectivity index (χ1) is 12.2. The summed E-state index contributed by atoms with van der Waals surface area (Å²) in [5.74, 6) is 0.444. The zero-order valence-corrected chi connectivity index (χ0v) is 13.8. The van der Waals surface area contributed by atoms with E-state index in [4.69, 9.17) is 4.74 Å². The lowest BCUT2D eigenvalue weighted by atomic mass is 10.2. The fourth-order valence-corrected chi connectivity index (χ4v) is 2.19. The van der Waals surface area contributed by atoms with Crippen LogP contribution in [-0.2, 0) is 11.3 Å². The maximum absolute atomic E-state index is 12.0. The summed E-state index contributed by atoms with van der Waals surface area (Å²) in [5.41, 5.74) is 6.05. The summed E-state index contributed by atoms with van der Waals surface area (Å²) in [6.45, 7) is 2.54. The third-order valence-corrected chi connectivity index (χ3v) is 3.49. The van der Waals surface area contributed by atoms with Gasteiger partial charge < -0.3 is 15.5 Å². The largest absolute Gasteiger partial charge is 0.484 e. The van der Waals surface area contributed by atoms with Crippen LogP contribution in [0.15, 0.2) is 61.2 Å². The van der Waals surface area contributed by atoms with Crippen LogP contribution in [0.4, 0.5) is 5.69 Å². The number of benzene rings is 2. The van der Waals surface area contributed by atoms with Crippen LogP contribution >= 0.6 is 0 Å². The maximum Gasteiger partial charge on any atom is 0.262 e. The highest BCUT2D eigenvalue weighted by atomic mass is 16.5. The van der Waals surface area contributed by atoms with E-state index in [1.165, 1.54) is 0 Å². The molecule has 0 atom stereocenters. The van der Waals surface area contributed by atoms with Crippen molar-refractivity contribution in [3.8, 4) is 5.75 Å². The van der Waals surface area contributed by atoms with Crippen molar-refractivity contribution in [3.63, 3.8) is 0 Å². The van der Waals surface area contributed by atoms with Gasteiger partial charge in [-0.3, -0.25) is 4.79 Å². The lowest BCUT2D eigenvalue weighted by Crippen LogP contribution is -2.20. The monoisotopic (exact) mass is 337 g/mol. The van der Waals surface area contributed by atoms with E-state index in [2.05, 4.69) is 20.9 Å². The highest BCUT2D eigenvalue weighted by molar-refractivity contribution is 5.91. The number of aromatic nitrogens is 3. The topological polar surface area (TPSA) is 81.1 Å². The Morgan fingerprint density at radius 2 is 1.88 bits per heavy atom. The van der Waals surface area contributed by atoms with Crippen molar-refractivity contribution in [2.75, 3.05) is 17.3 Å². The average molecular weight is 337 g/mol. The first-order valence-corrected chi connectivity index (χ1v) is 7.86. The normalized spacial score (nSPS) is 10.3. The van der Waals surface area contributed by atoms with Gasteiger partial charge in [0.1, 0.15) is 18.4 Å². The van der Waals surface area contributed by atoms with Gasteiger partial charge in [-0.15, -0.1) is 10.2 Å². The molecular formula is C18H19N5O2. The smallest absolute Gasteiger partial charge is 0.262 e. The number of amides is 1. The Bertz CT molecular complexity index is 816. The molecule has 0 fully saturated rings. The number of carbonyl (C=O) groups is 1. The summed E-state index contributed by atoms with van der Waals surface area (Å²) >= 11 is 0. The van der Waals surface area contributed by atoms with E-state index in [0.29, 0.717) is 12.3 Å². The zero-order valence-electron chi connectivity index (χ0n) is 13.8. The van der Waals surface area contributed by atoms with Crippen molar-refractivity contribution < 1.29 is 9.53 Å². The molecule has 0 saturated carbocycles. The Hall–Kier alpha value is -3.35. The molecule has 0 bridgehead atoms. The van der Waals surface area contributed by atoms with Gasteiger partial charge in [-0.05, 0) is 36.8 Å². The van der Waals surface area contributed by atoms with Gasteiger partial charge in [-0.2, -0.15) is 0 Å². The van der Waals surface area contributed by atoms with Gasteiger partial charge in [-0.25, -0.2) is 4.68 Å². The number of hydrogen-bond acceptors (Lipinski definition) is 5. The number of nitrogens with one attached hydrogen (secondary N) is 2. The lowest BCUT2D eigenvalue weighted by Gasteiger charge is -2.10. The van der Waals surface area contributed by atoms with Gasteiger partial charge in [0, 0.05) is 5.69 Å². The molecule has 0 radical (unpaired) electrons. The van der Waals surface area contributed by atoms with Crippen LogP contribution in [0, 0.1) is 6.92 Å². The minimum Gasteiger partial charge on any atom is -0.484 e. The molecule has 1 amide bonds. The van der Waals surface area contributed by atoms with Gasteiger partial charge >= 0.3 is 0 Å². The maximum atomic E-state index is 12.0. The number of hydrogen-bond donors (Lipinski definition) is 2. The zero-order chi connectivity index (χ0) is 17.5. The molecule has 0 unspecified atom stereocenters. The highest BCUT2D eigenvalue weighted by Gasteiger charge is 2.04. The first kappa shape index (κ1) is 16.5. The molecule has 7 nitrogen and oxygen atoms in total. The summed E-state index contributed by atoms with van der Waals surface area (Å²) in [6, 6.07) is 15.2. The third kappa shape index (κ3) is 5.07. The molecule has 2 aromatic carbocycles. The van der Waals surface area contributed by atoms with Crippen LogP contribution in [-0.4, -0.2) is 27.4 Å². The van der Waals surface area contributed by atoms with Crippen molar-refractivity contribution in [2.45, 2.75) is 13.5 Å². The van der Waals surface area contributed by atoms with Crippen LogP contribution in [0.25, 0.3) is 0 Å². The highest BCUT2D eigenvalue weighted by Crippen LogP contribution is 2.14. The van der Waals surface area contributed by atoms with E-state index in [1.807, 2.05) is 55.5 Å². The predicted octanol–water partition coefficient (Wildman–Crippen LogP) is 2.35. The van der Waals surface area contributed by atoms with Gasteiger partial charge in [0.2, 0.25) is 0 Å². The van der Waals surface area contributed by atoms with Crippen LogP contribution in [0.5, 0.6) is 5.75 Å². The van der Waals surface area contributed by atoms with E-state index in [9.17, 15) is 4.79 Å². The molecule has 1 aromatic heterocycles. The second kappa shape index (κ2) is 7.96. The number of aryl methyl sites for hydroxylation is 1. The molecule has 0 aliphatic rings. The van der Waals surface area contributed by atoms with Crippen molar-refractivity contribution in [3.05, 3.63) is 72.3 Å². The predicted molar refractivity (Wildman–Crippen MR) is 94.8 cm³/mol. The minimum absolute atomic E-state index is 0.0454. The summed E-state index contributed by atoms with van der Waals surface area (Å²) in [6.07, 6.45) is 3.16. The molecule has 25 heavy (non-hydrogen) atoms. The Morgan fingerprint density at radius 1 is 1.12 bits per heavy atom. The Labute approximate surface area is 145 Å². The molecule has 0 aliphatic carbocycles. The van der Waals surface area contributed by atoms with Crippen molar-refractivity contribution in [1.29, 1.82) is 0 Å². The van der Waals surface area contributed by atoms with E-state index in [1.54, 1.807) is 17.3 Å². The average Bonchev–Trinajstić information content (AvgIpc) is 3.14. The molecule has 2 N–H and O–H groups in total. The quantitative estimate of drug-likeness (QED) is 0.692. The van der Waals surface area contributed by atoms with Gasteiger partial charge in [0.05, 0.1) is 6.54 Å². The molecule has 7 heteroatoms. The molecule has 3 aromatic rings. The molecular weight excluding hydrogens is 318 g/mol. The standard InChI is InChI=1S/C18H19N5O2/c1-14-5-7-16(8-6-14)22-18(24)11-25-17-4-2-3-15(9-17)10-21-23-12-19-20-13-23/h2-9,12-13,21H,10-11H2,1H3,(H,22,24). The number of rotatable bonds is 7. The van der Waals surface area contributed by atoms with Crippen LogP contribution in [0.3, 0.4) is 0 Å². The first-order valence-electron chi connectivity index (χ1n) is 7.86. The molecule has 128 valence electrons. The van der Waals surface area contributed by atoms with E-state index >= 15 is 0 Å². The van der Waals surface area contributed by atoms with E-state index in [0.717, 1.165) is 16.8 Å². The van der Waals surface area contributed by atoms with Crippen molar-refractivity contribution in [1.82, 2.24) is 14.9 Å². The van der Waals surface area contributed by atoms with Crippen LogP contribution < -0.4 is 15.5 Å². The fourth-order valence-electron chi connectivity index (χ4n) is 2.19. The summed E-state index contributed by atoms with van der Waals surface area (Å²) in [4.78, 5) is 12.0. The Morgan fingerprint density at radius 3 is 2.64 bits per heavy atom. The third-order valence-electron chi connectivity index (χ3n) is 3.49. The summed E-state index contributed by atoms with van der Waals surface area (Å²) < 4.78 is 7.24.